The molecule has 262 valence electrons. The molecule has 9 heteroatoms. The molecular weight excluding hydrogens is 630 g/mol. The molecule has 9 nitrogen and oxygen atoms in total. The molecule has 3 amide bonds. The van der Waals surface area contributed by atoms with Gasteiger partial charge in [0.1, 0.15) is 17.4 Å². The standard InChI is InChI=1S/C41H47N3O6/c1-7-24-42(30-18-20-31(21-19-30)49-9-3)37(46)33-34-38(47)44(32(26-45)29-16-11-10-12-17-29)36(41(34)23-22-40(33,6)50-41)39(48)43(25-8-2)35-27(4)14-13-15-28(35)5/h7-8,10-21,32-34,36,45H,1-2,9,22-26H2,3-6H3/t32-,33-,34+,36?,40+,41?/m1/s1. The van der Waals surface area contributed by atoms with Gasteiger partial charge in [0.15, 0.2) is 0 Å². The number of carbonyl (C=O) groups excluding carboxylic acids is 3. The largest absolute Gasteiger partial charge is 0.494 e. The summed E-state index contributed by atoms with van der Waals surface area (Å²) in [6.07, 6.45) is 4.22. The number of para-hydroxylation sites is 1. The van der Waals surface area contributed by atoms with E-state index in [0.29, 0.717) is 36.4 Å². The number of rotatable bonds is 13. The average Bonchev–Trinajstić information content (AvgIpc) is 3.68. The van der Waals surface area contributed by atoms with E-state index in [9.17, 15) is 9.90 Å². The van der Waals surface area contributed by atoms with Crippen molar-refractivity contribution in [2.45, 2.75) is 63.8 Å². The minimum atomic E-state index is -1.31. The number of carbonyl (C=O) groups is 3. The minimum Gasteiger partial charge on any atom is -0.494 e. The molecule has 3 fully saturated rings. The van der Waals surface area contributed by atoms with Crippen molar-refractivity contribution < 1.29 is 29.0 Å². The van der Waals surface area contributed by atoms with Crippen LogP contribution in [0.4, 0.5) is 11.4 Å². The smallest absolute Gasteiger partial charge is 0.253 e. The number of anilines is 2. The van der Waals surface area contributed by atoms with Crippen LogP contribution in [0.3, 0.4) is 0 Å². The monoisotopic (exact) mass is 677 g/mol. The first-order valence-corrected chi connectivity index (χ1v) is 17.4. The molecule has 0 radical (unpaired) electrons. The topological polar surface area (TPSA) is 99.6 Å². The van der Waals surface area contributed by atoms with Gasteiger partial charge in [0.2, 0.25) is 11.8 Å². The lowest BCUT2D eigenvalue weighted by atomic mass is 9.66. The molecule has 1 N–H and O–H groups in total. The van der Waals surface area contributed by atoms with Gasteiger partial charge in [-0.25, -0.2) is 0 Å². The molecule has 3 saturated heterocycles. The highest BCUT2D eigenvalue weighted by Gasteiger charge is 2.79. The first kappa shape index (κ1) is 35.1. The van der Waals surface area contributed by atoms with Crippen LogP contribution >= 0.6 is 0 Å². The summed E-state index contributed by atoms with van der Waals surface area (Å²) < 4.78 is 12.6. The molecule has 3 aliphatic rings. The fraction of sp³-hybridized carbons (Fsp3) is 0.390. The van der Waals surface area contributed by atoms with E-state index in [4.69, 9.17) is 9.47 Å². The number of aliphatic hydroxyl groups excluding tert-OH is 1. The van der Waals surface area contributed by atoms with Crippen LogP contribution in [0, 0.1) is 25.7 Å². The number of likely N-dealkylation sites (tertiary alicyclic amines) is 1. The molecule has 3 aliphatic heterocycles. The van der Waals surface area contributed by atoms with Gasteiger partial charge >= 0.3 is 0 Å². The number of nitrogens with zero attached hydrogens (tertiary/aromatic N) is 3. The molecule has 2 bridgehead atoms. The Kier molecular flexibility index (Phi) is 9.75. The zero-order valence-electron chi connectivity index (χ0n) is 29.4. The van der Waals surface area contributed by atoms with Crippen molar-refractivity contribution in [1.29, 1.82) is 0 Å². The van der Waals surface area contributed by atoms with Crippen LogP contribution in [0.2, 0.25) is 0 Å². The summed E-state index contributed by atoms with van der Waals surface area (Å²) in [6, 6.07) is 20.4. The van der Waals surface area contributed by atoms with E-state index in [-0.39, 0.29) is 30.8 Å². The second kappa shape index (κ2) is 13.9. The maximum Gasteiger partial charge on any atom is 0.253 e. The van der Waals surface area contributed by atoms with E-state index < -0.39 is 41.7 Å². The highest BCUT2D eigenvalue weighted by atomic mass is 16.5. The van der Waals surface area contributed by atoms with E-state index in [0.717, 1.165) is 16.8 Å². The average molecular weight is 678 g/mol. The molecular formula is C41H47N3O6. The third kappa shape index (κ3) is 5.62. The third-order valence-electron chi connectivity index (χ3n) is 10.7. The van der Waals surface area contributed by atoms with Gasteiger partial charge in [-0.1, -0.05) is 60.7 Å². The van der Waals surface area contributed by atoms with Gasteiger partial charge in [-0.15, -0.1) is 13.2 Å². The van der Waals surface area contributed by atoms with Gasteiger partial charge in [0.25, 0.3) is 5.91 Å². The Morgan fingerprint density at radius 3 is 2.20 bits per heavy atom. The number of aliphatic hydroxyl groups is 1. The zero-order chi connectivity index (χ0) is 35.8. The molecule has 50 heavy (non-hydrogen) atoms. The first-order chi connectivity index (χ1) is 24.1. The highest BCUT2D eigenvalue weighted by molar-refractivity contribution is 6.07. The summed E-state index contributed by atoms with van der Waals surface area (Å²) >= 11 is 0. The van der Waals surface area contributed by atoms with E-state index in [1.807, 2.05) is 100 Å². The summed E-state index contributed by atoms with van der Waals surface area (Å²) in [5.41, 5.74) is 1.56. The Balaban J connectivity index is 1.49. The lowest BCUT2D eigenvalue weighted by Gasteiger charge is -2.40. The van der Waals surface area contributed by atoms with Crippen LogP contribution < -0.4 is 14.5 Å². The van der Waals surface area contributed by atoms with Gasteiger partial charge in [0.05, 0.1) is 36.7 Å². The Hall–Kier alpha value is -4.73. The number of fused-ring (bicyclic) bond motifs is 1. The predicted molar refractivity (Wildman–Crippen MR) is 194 cm³/mol. The number of amides is 3. The second-order valence-electron chi connectivity index (χ2n) is 13.7. The normalized spacial score (nSPS) is 25.6. The number of hydrogen-bond acceptors (Lipinski definition) is 6. The van der Waals surface area contributed by atoms with E-state index in [2.05, 4.69) is 13.2 Å². The van der Waals surface area contributed by atoms with Crippen molar-refractivity contribution in [3.05, 3.63) is 115 Å². The molecule has 0 saturated carbocycles. The van der Waals surface area contributed by atoms with Crippen LogP contribution in [-0.2, 0) is 19.1 Å². The van der Waals surface area contributed by atoms with Crippen LogP contribution in [0.1, 0.15) is 49.4 Å². The predicted octanol–water partition coefficient (Wildman–Crippen LogP) is 5.94. The summed E-state index contributed by atoms with van der Waals surface area (Å²) in [5.74, 6) is -2.15. The first-order valence-electron chi connectivity index (χ1n) is 17.4. The molecule has 3 aromatic rings. The van der Waals surface area contributed by atoms with Gasteiger partial charge in [-0.3, -0.25) is 14.4 Å². The van der Waals surface area contributed by atoms with Crippen molar-refractivity contribution >= 4 is 29.1 Å². The molecule has 0 aromatic heterocycles. The maximum atomic E-state index is 15.3. The van der Waals surface area contributed by atoms with Crippen molar-refractivity contribution in [2.75, 3.05) is 36.1 Å². The molecule has 2 unspecified atom stereocenters. The van der Waals surface area contributed by atoms with Crippen molar-refractivity contribution in [3.8, 4) is 5.75 Å². The van der Waals surface area contributed by atoms with Gasteiger partial charge in [0, 0.05) is 24.5 Å². The van der Waals surface area contributed by atoms with E-state index in [1.54, 1.807) is 22.0 Å². The number of benzene rings is 3. The minimum absolute atomic E-state index is 0.198. The zero-order valence-corrected chi connectivity index (χ0v) is 29.4. The van der Waals surface area contributed by atoms with Crippen molar-refractivity contribution in [2.24, 2.45) is 11.8 Å². The Morgan fingerprint density at radius 1 is 0.960 bits per heavy atom. The Labute approximate surface area is 294 Å². The lowest BCUT2D eigenvalue weighted by molar-refractivity contribution is -0.148. The highest BCUT2D eigenvalue weighted by Crippen LogP contribution is 2.64. The van der Waals surface area contributed by atoms with Crippen molar-refractivity contribution in [1.82, 2.24) is 4.90 Å². The summed E-state index contributed by atoms with van der Waals surface area (Å²) in [4.78, 5) is 50.2. The third-order valence-corrected chi connectivity index (χ3v) is 10.7. The van der Waals surface area contributed by atoms with Crippen molar-refractivity contribution in [3.63, 3.8) is 0 Å². The molecule has 3 aromatic carbocycles. The number of aryl methyl sites for hydroxylation is 2. The fourth-order valence-corrected chi connectivity index (χ4v) is 8.69. The van der Waals surface area contributed by atoms with E-state index in [1.165, 1.54) is 4.90 Å². The maximum absolute atomic E-state index is 15.3. The van der Waals surface area contributed by atoms with E-state index >= 15 is 9.59 Å². The lowest BCUT2D eigenvalue weighted by Crippen LogP contribution is -2.57. The molecule has 3 heterocycles. The fourth-order valence-electron chi connectivity index (χ4n) is 8.69. The number of ether oxygens (including phenoxy) is 2. The molecule has 6 rings (SSSR count). The Morgan fingerprint density at radius 2 is 1.60 bits per heavy atom. The summed E-state index contributed by atoms with van der Waals surface area (Å²) in [6.45, 7) is 16.1. The van der Waals surface area contributed by atoms with Gasteiger partial charge in [-0.2, -0.15) is 0 Å². The van der Waals surface area contributed by atoms with Gasteiger partial charge in [-0.05, 0) is 81.5 Å². The van der Waals surface area contributed by atoms with Crippen LogP contribution in [0.25, 0.3) is 0 Å². The van der Waals surface area contributed by atoms with Gasteiger partial charge < -0.3 is 29.3 Å². The summed E-state index contributed by atoms with van der Waals surface area (Å²) in [7, 11) is 0. The molecule has 6 atom stereocenters. The molecule has 0 aliphatic carbocycles. The Bertz CT molecular complexity index is 1760. The SMILES string of the molecule is C=CCN(C(=O)[C@H]1[C@H]2C(=O)N([C@H](CO)c3ccccc3)C(C(=O)N(CC=C)c3c(C)cccc3C)C23CC[C@]1(C)O3)c1ccc(OCC)cc1. The van der Waals surface area contributed by atoms with Crippen LogP contribution in [-0.4, -0.2) is 71.3 Å². The quantitative estimate of drug-likeness (QED) is 0.225. The van der Waals surface area contributed by atoms with Crippen LogP contribution in [0.5, 0.6) is 5.75 Å². The second-order valence-corrected chi connectivity index (χ2v) is 13.7. The molecule has 1 spiro atoms. The number of hydrogen-bond donors (Lipinski definition) is 1. The summed E-state index contributed by atoms with van der Waals surface area (Å²) in [5, 5.41) is 11.0. The van der Waals surface area contributed by atoms with Crippen LogP contribution in [0.15, 0.2) is 98.1 Å².